The maximum atomic E-state index is 10.9. The van der Waals surface area contributed by atoms with Gasteiger partial charge in [-0.1, -0.05) is 172 Å². The molecule has 17 heteroatoms. The second kappa shape index (κ2) is 54.7. The van der Waals surface area contributed by atoms with Crippen LogP contribution in [0.5, 0.6) is 0 Å². The van der Waals surface area contributed by atoms with Crippen molar-refractivity contribution in [3.8, 4) is 0 Å². The normalized spacial score (nSPS) is 11.2. The molecule has 0 bridgehead atoms. The summed E-state index contributed by atoms with van der Waals surface area (Å²) >= 11 is 8.71. The van der Waals surface area contributed by atoms with Crippen LogP contribution in [0.15, 0.2) is 0 Å². The summed E-state index contributed by atoms with van der Waals surface area (Å²) in [5, 5.41) is 1.18. The minimum atomic E-state index is -2.76. The van der Waals surface area contributed by atoms with Crippen LogP contribution in [0.25, 0.3) is 0 Å². The zero-order valence-electron chi connectivity index (χ0n) is 38.9. The number of halogens is 1. The maximum Gasteiger partial charge on any atom is 0.324 e. The molecule has 0 aromatic heterocycles. The van der Waals surface area contributed by atoms with E-state index in [1.54, 1.807) is 11.8 Å². The molecule has 60 heavy (non-hydrogen) atoms. The van der Waals surface area contributed by atoms with Crippen LogP contribution in [0.1, 0.15) is 182 Å². The predicted octanol–water partition coefficient (Wildman–Crippen LogP) is 12.9. The van der Waals surface area contributed by atoms with E-state index in [0.717, 1.165) is 44.3 Å². The van der Waals surface area contributed by atoms with E-state index in [9.17, 15) is 37.4 Å². The Labute approximate surface area is 389 Å². The second-order valence-electron chi connectivity index (χ2n) is 14.5. The molecular formula is C43H92BrNO11S4. The third kappa shape index (κ3) is 69.3. The van der Waals surface area contributed by atoms with E-state index < -0.39 is 33.1 Å². The minimum Gasteiger partial charge on any atom is -0.468 e. The smallest absolute Gasteiger partial charge is 0.324 e. The summed E-state index contributed by atoms with van der Waals surface area (Å²) in [5.74, 6) is 0.228. The van der Waals surface area contributed by atoms with Crippen LogP contribution in [-0.4, -0.2) is 109 Å². The molecule has 366 valence electrons. The Morgan fingerprint density at radius 1 is 0.517 bits per heavy atom. The summed E-state index contributed by atoms with van der Waals surface area (Å²) in [6.45, 7) is 8.80. The van der Waals surface area contributed by atoms with Gasteiger partial charge < -0.3 is 19.9 Å². The molecule has 0 aromatic carbocycles. The van der Waals surface area contributed by atoms with Crippen molar-refractivity contribution in [2.45, 2.75) is 182 Å². The van der Waals surface area contributed by atoms with Crippen molar-refractivity contribution in [1.82, 2.24) is 0 Å². The highest BCUT2D eigenvalue weighted by molar-refractivity contribution is 9.09. The quantitative estimate of drug-likeness (QED) is 0.0117. The third-order valence-corrected chi connectivity index (χ3v) is 13.7. The van der Waals surface area contributed by atoms with E-state index in [1.165, 1.54) is 142 Å². The van der Waals surface area contributed by atoms with Crippen LogP contribution in [0.4, 0.5) is 0 Å². The topological polar surface area (TPSA) is 203 Å². The number of unbranched alkanes of at least 4 members (excludes halogenated alkanes) is 20. The lowest BCUT2D eigenvalue weighted by Crippen LogP contribution is -2.22. The number of hydrogen-bond acceptors (Lipinski definition) is 13. The van der Waals surface area contributed by atoms with Gasteiger partial charge in [-0.25, -0.2) is 0 Å². The van der Waals surface area contributed by atoms with E-state index in [2.05, 4.69) is 70.5 Å². The van der Waals surface area contributed by atoms with Crippen molar-refractivity contribution in [2.24, 2.45) is 5.73 Å². The van der Waals surface area contributed by atoms with E-state index in [1.807, 2.05) is 0 Å². The highest BCUT2D eigenvalue weighted by Crippen LogP contribution is 2.40. The van der Waals surface area contributed by atoms with Gasteiger partial charge in [-0.05, 0) is 31.4 Å². The molecule has 0 spiro atoms. The summed E-state index contributed by atoms with van der Waals surface area (Å²) in [6, 6.07) is 0. The Balaban J connectivity index is -0.000000217. The van der Waals surface area contributed by atoms with E-state index in [0.29, 0.717) is 17.3 Å². The number of nitrogens with two attached hydrogens (primary N) is 1. The molecule has 0 radical (unpaired) electrons. The predicted molar refractivity (Wildman–Crippen MR) is 269 cm³/mol. The van der Waals surface area contributed by atoms with Crippen molar-refractivity contribution in [2.75, 3.05) is 66.9 Å². The minimum absolute atomic E-state index is 0.110. The summed E-state index contributed by atoms with van der Waals surface area (Å²) < 4.78 is 51.1. The second-order valence-corrected chi connectivity index (χ2v) is 21.3. The van der Waals surface area contributed by atoms with Gasteiger partial charge in [0, 0.05) is 16.8 Å². The van der Waals surface area contributed by atoms with Gasteiger partial charge in [0.15, 0.2) is 0 Å². The summed E-state index contributed by atoms with van der Waals surface area (Å²) in [5.41, 5.74) is 4.91. The lowest BCUT2D eigenvalue weighted by molar-refractivity contribution is -0.138. The molecule has 12 nitrogen and oxygen atoms in total. The molecule has 0 aliphatic heterocycles. The molecule has 0 aliphatic rings. The van der Waals surface area contributed by atoms with Gasteiger partial charge in [0.1, 0.15) is 11.5 Å². The Hall–Kier alpha value is -0.400. The zero-order valence-corrected chi connectivity index (χ0v) is 43.8. The molecule has 0 atom stereocenters. The average molecular weight is 1010 g/mol. The molecule has 0 unspecified atom stereocenters. The van der Waals surface area contributed by atoms with Crippen molar-refractivity contribution in [3.63, 3.8) is 0 Å². The van der Waals surface area contributed by atoms with Gasteiger partial charge in [-0.15, -0.1) is 0 Å². The van der Waals surface area contributed by atoms with Gasteiger partial charge in [0.25, 0.3) is 0 Å². The number of primary amides is 1. The lowest BCUT2D eigenvalue weighted by atomic mass is 10.1. The Morgan fingerprint density at radius 3 is 1.17 bits per heavy atom. The summed E-state index contributed by atoms with van der Waals surface area (Å²) in [4.78, 5) is 42.0. The maximum absolute atomic E-state index is 10.9. The first-order chi connectivity index (χ1) is 28.5. The number of ether oxygens (including phenoxy) is 3. The standard InChI is InChI=1S/C11H24O4S.C11H22O2S.C10H23NO3S.C8H17Br.C3H6O2S/c1-3-4-5-6-7-8-9-16(13,14)10-11(12)15-2;1-3-4-5-6-7-8-9-14-10-11(12)13-2;1-2-3-4-5-6-7-8-15(13,14)9-10(11)12;1-2-3-4-5-6-7-8-9;1-5-3(4)2-6/h13-14H,3-10H2,1-2H3;3-10H2,1-2H3;13-14H,2-9H2,1H3,(H2,11,12);2-8H2,1H3;6H,2H2,1H3. The number of hydrogen-bond donors (Lipinski definition) is 6. The molecule has 6 N–H and O–H groups in total. The fraction of sp³-hybridized carbons (Fsp3) is 0.907. The number of alkyl halides is 1. The monoisotopic (exact) mass is 1010 g/mol. The fourth-order valence-corrected chi connectivity index (χ4v) is 8.92. The average Bonchev–Trinajstić information content (AvgIpc) is 3.21. The number of carbonyl (C=O) groups excluding carboxylic acids is 4. The van der Waals surface area contributed by atoms with Gasteiger partial charge in [0.05, 0.1) is 32.8 Å². The Bertz CT molecular complexity index is 927. The van der Waals surface area contributed by atoms with Crippen LogP contribution in [0.2, 0.25) is 0 Å². The van der Waals surface area contributed by atoms with Crippen molar-refractivity contribution < 1.29 is 51.6 Å². The van der Waals surface area contributed by atoms with Crippen molar-refractivity contribution >= 4 is 85.3 Å². The SMILES string of the molecule is CCCCCCCCBr.CCCCCCCCS(O)(O)CC(=O)OC.CCCCCCCCS(O)(O)CC(N)=O.CCCCCCCCSCC(=O)OC.COC(=O)CS. The van der Waals surface area contributed by atoms with Crippen molar-refractivity contribution in [1.29, 1.82) is 0 Å². The van der Waals surface area contributed by atoms with Gasteiger partial charge in [-0.2, -0.15) is 45.6 Å². The lowest BCUT2D eigenvalue weighted by Gasteiger charge is -2.30. The van der Waals surface area contributed by atoms with E-state index in [4.69, 9.17) is 5.73 Å². The van der Waals surface area contributed by atoms with Gasteiger partial charge in [-0.3, -0.25) is 37.4 Å². The fourth-order valence-electron chi connectivity index (χ4n) is 4.99. The van der Waals surface area contributed by atoms with Crippen LogP contribution in [-0.2, 0) is 33.4 Å². The Kier molecular flexibility index (Phi) is 62.6. The number of esters is 3. The molecule has 0 heterocycles. The van der Waals surface area contributed by atoms with E-state index in [-0.39, 0.29) is 29.2 Å². The molecule has 0 saturated heterocycles. The van der Waals surface area contributed by atoms with E-state index >= 15 is 0 Å². The largest absolute Gasteiger partial charge is 0.468 e. The van der Waals surface area contributed by atoms with Crippen LogP contribution >= 0.6 is 61.5 Å². The van der Waals surface area contributed by atoms with Crippen molar-refractivity contribution in [3.05, 3.63) is 0 Å². The first-order valence-electron chi connectivity index (χ1n) is 22.2. The number of carbonyl (C=O) groups is 4. The molecule has 0 aromatic rings. The Morgan fingerprint density at radius 2 is 0.850 bits per heavy atom. The molecular weight excluding hydrogens is 915 g/mol. The summed E-state index contributed by atoms with van der Waals surface area (Å²) in [6.07, 6.45) is 29.3. The van der Waals surface area contributed by atoms with Gasteiger partial charge in [0.2, 0.25) is 5.91 Å². The number of methoxy groups -OCH3 is 3. The third-order valence-electron chi connectivity index (χ3n) is 8.53. The molecule has 0 aliphatic carbocycles. The summed E-state index contributed by atoms with van der Waals surface area (Å²) in [7, 11) is -1.49. The molecule has 1 amide bonds. The number of thioether (sulfide) groups is 1. The molecule has 0 rings (SSSR count). The first-order valence-corrected chi connectivity index (χ1v) is 28.9. The van der Waals surface area contributed by atoms with Gasteiger partial charge >= 0.3 is 17.9 Å². The first kappa shape index (κ1) is 68.7. The zero-order chi connectivity index (χ0) is 46.8. The number of thiol groups is 1. The van der Waals surface area contributed by atoms with Crippen LogP contribution in [0, 0.1) is 0 Å². The highest BCUT2D eigenvalue weighted by Gasteiger charge is 2.17. The van der Waals surface area contributed by atoms with Crippen LogP contribution < -0.4 is 5.73 Å². The molecule has 0 saturated carbocycles. The molecule has 0 fully saturated rings. The number of rotatable bonds is 34. The van der Waals surface area contributed by atoms with Crippen LogP contribution in [0.3, 0.4) is 0 Å². The highest BCUT2D eigenvalue weighted by atomic mass is 79.9. The number of amides is 1.